The highest BCUT2D eigenvalue weighted by Gasteiger charge is 2.64. The molecule has 2 amide bonds. The molecule has 0 bridgehead atoms. The van der Waals surface area contributed by atoms with Gasteiger partial charge in [-0.25, -0.2) is 0 Å². The van der Waals surface area contributed by atoms with Gasteiger partial charge in [0.15, 0.2) is 11.5 Å². The van der Waals surface area contributed by atoms with Gasteiger partial charge in [-0.2, -0.15) is 0 Å². The van der Waals surface area contributed by atoms with E-state index in [9.17, 15) is 9.59 Å². The minimum Gasteiger partial charge on any atom is -0.493 e. The van der Waals surface area contributed by atoms with Gasteiger partial charge in [0.25, 0.3) is 5.91 Å². The Labute approximate surface area is 279 Å². The lowest BCUT2D eigenvalue weighted by molar-refractivity contribution is -0.131. The maximum absolute atomic E-state index is 14.9. The van der Waals surface area contributed by atoms with Crippen molar-refractivity contribution >= 4 is 46.6 Å². The van der Waals surface area contributed by atoms with Crippen molar-refractivity contribution in [2.24, 2.45) is 11.7 Å². The molecule has 45 heavy (non-hydrogen) atoms. The number of benzene rings is 3. The standard InChI is InChI=1S/C34H38Cl3N3O5/c1-5-34(23-12-14-39-19-23)30(20-6-11-25(36)26(37)16-20)33(32(38)42,22-7-9-24(35)10-8-22)13-15-40(34)31(41)21-17-27(43-2)29(45-4)28(18-21)44-3/h6-11,16-18,23,30,39H,5,12-15,19H2,1-4H3,(H2,38,42). The highest BCUT2D eigenvalue weighted by atomic mass is 35.5. The Morgan fingerprint density at radius 3 is 2.13 bits per heavy atom. The first kappa shape index (κ1) is 33.2. The van der Waals surface area contributed by atoms with Gasteiger partial charge in [-0.3, -0.25) is 9.59 Å². The van der Waals surface area contributed by atoms with E-state index >= 15 is 0 Å². The molecule has 8 nitrogen and oxygen atoms in total. The highest BCUT2D eigenvalue weighted by Crippen LogP contribution is 2.59. The minimum absolute atomic E-state index is 0.0285. The van der Waals surface area contributed by atoms with Crippen LogP contribution in [0.5, 0.6) is 17.2 Å². The van der Waals surface area contributed by atoms with E-state index in [-0.39, 0.29) is 24.8 Å². The van der Waals surface area contributed by atoms with E-state index in [1.807, 2.05) is 29.2 Å². The second-order valence-electron chi connectivity index (χ2n) is 11.6. The summed E-state index contributed by atoms with van der Waals surface area (Å²) in [6.45, 7) is 3.76. The molecule has 240 valence electrons. The lowest BCUT2D eigenvalue weighted by atomic mass is 9.51. The lowest BCUT2D eigenvalue weighted by Crippen LogP contribution is -2.70. The largest absolute Gasteiger partial charge is 0.493 e. The number of primary amides is 1. The number of likely N-dealkylation sites (tertiary alicyclic amines) is 1. The summed E-state index contributed by atoms with van der Waals surface area (Å²) in [6, 6.07) is 16.0. The maximum Gasteiger partial charge on any atom is 0.254 e. The van der Waals surface area contributed by atoms with Crippen molar-refractivity contribution in [3.63, 3.8) is 0 Å². The Balaban J connectivity index is 1.81. The second kappa shape index (κ2) is 13.3. The van der Waals surface area contributed by atoms with E-state index in [2.05, 4.69) is 12.2 Å². The van der Waals surface area contributed by atoms with E-state index in [0.29, 0.717) is 50.8 Å². The van der Waals surface area contributed by atoms with Crippen LogP contribution in [0.4, 0.5) is 0 Å². The third kappa shape index (κ3) is 5.50. The van der Waals surface area contributed by atoms with Crippen LogP contribution in [0.25, 0.3) is 0 Å². The number of nitrogens with two attached hydrogens (primary N) is 1. The molecule has 3 aromatic rings. The van der Waals surface area contributed by atoms with Gasteiger partial charge in [0.05, 0.1) is 42.3 Å². The van der Waals surface area contributed by atoms with Gasteiger partial charge < -0.3 is 30.2 Å². The molecule has 5 rings (SSSR count). The van der Waals surface area contributed by atoms with Crippen LogP contribution in [0.1, 0.15) is 53.6 Å². The average molecular weight is 675 g/mol. The van der Waals surface area contributed by atoms with Crippen LogP contribution in [-0.4, -0.2) is 63.2 Å². The number of nitrogens with zero attached hydrogens (tertiary/aromatic N) is 1. The summed E-state index contributed by atoms with van der Waals surface area (Å²) >= 11 is 19.4. The Hall–Kier alpha value is -3.17. The Morgan fingerprint density at radius 2 is 1.62 bits per heavy atom. The van der Waals surface area contributed by atoms with Gasteiger partial charge in [-0.15, -0.1) is 0 Å². The van der Waals surface area contributed by atoms with Crippen molar-refractivity contribution in [3.8, 4) is 17.2 Å². The molecule has 4 unspecified atom stereocenters. The summed E-state index contributed by atoms with van der Waals surface area (Å²) in [6.07, 6.45) is 1.59. The van der Waals surface area contributed by atoms with Crippen LogP contribution in [0.3, 0.4) is 0 Å². The van der Waals surface area contributed by atoms with Crippen LogP contribution in [0, 0.1) is 5.92 Å². The number of hydrogen-bond donors (Lipinski definition) is 2. The van der Waals surface area contributed by atoms with E-state index in [1.165, 1.54) is 21.3 Å². The molecule has 2 fully saturated rings. The van der Waals surface area contributed by atoms with Crippen molar-refractivity contribution in [1.29, 1.82) is 0 Å². The number of hydrogen-bond acceptors (Lipinski definition) is 6. The fourth-order valence-corrected chi connectivity index (χ4v) is 8.26. The van der Waals surface area contributed by atoms with Gasteiger partial charge in [-0.05, 0) is 79.3 Å². The van der Waals surface area contributed by atoms with Gasteiger partial charge in [0.1, 0.15) is 0 Å². The summed E-state index contributed by atoms with van der Waals surface area (Å²) in [7, 11) is 4.55. The van der Waals surface area contributed by atoms with Crippen molar-refractivity contribution in [1.82, 2.24) is 10.2 Å². The minimum atomic E-state index is -1.20. The monoisotopic (exact) mass is 673 g/mol. The number of carbonyl (C=O) groups is 2. The molecule has 3 N–H and O–H groups in total. The SMILES string of the molecule is CCC1(C2CCNC2)C(c2ccc(Cl)c(Cl)c2)C(C(N)=O)(c2ccc(Cl)cc2)CCN1C(=O)c1cc(OC)c(OC)c(OC)c1. The third-order valence-electron chi connectivity index (χ3n) is 9.79. The zero-order valence-corrected chi connectivity index (χ0v) is 28.1. The molecule has 0 aliphatic carbocycles. The van der Waals surface area contributed by atoms with Gasteiger partial charge >= 0.3 is 0 Å². The van der Waals surface area contributed by atoms with E-state index in [0.717, 1.165) is 24.1 Å². The first-order valence-corrected chi connectivity index (χ1v) is 16.1. The summed E-state index contributed by atoms with van der Waals surface area (Å²) in [4.78, 5) is 30.9. The quantitative estimate of drug-likeness (QED) is 0.269. The first-order valence-electron chi connectivity index (χ1n) is 14.9. The number of rotatable bonds is 9. The first-order chi connectivity index (χ1) is 21.6. The molecule has 11 heteroatoms. The molecule has 0 aromatic heterocycles. The molecule has 4 atom stereocenters. The lowest BCUT2D eigenvalue weighted by Gasteiger charge is -2.61. The highest BCUT2D eigenvalue weighted by molar-refractivity contribution is 6.42. The molecule has 2 aliphatic rings. The van der Waals surface area contributed by atoms with Gasteiger partial charge in [0.2, 0.25) is 11.7 Å². The smallest absolute Gasteiger partial charge is 0.254 e. The van der Waals surface area contributed by atoms with Crippen LogP contribution in [0.15, 0.2) is 54.6 Å². The van der Waals surface area contributed by atoms with Crippen molar-refractivity contribution in [2.45, 2.75) is 43.1 Å². The number of amides is 2. The summed E-state index contributed by atoms with van der Waals surface area (Å²) in [5.74, 6) is -0.189. The number of methoxy groups -OCH3 is 3. The number of carbonyl (C=O) groups excluding carboxylic acids is 2. The number of halogens is 3. The predicted octanol–water partition coefficient (Wildman–Crippen LogP) is 6.48. The van der Waals surface area contributed by atoms with E-state index in [1.54, 1.807) is 30.3 Å². The number of ether oxygens (including phenoxy) is 3. The zero-order chi connectivity index (χ0) is 32.5. The molecule has 2 heterocycles. The maximum atomic E-state index is 14.9. The third-order valence-corrected chi connectivity index (χ3v) is 10.8. The molecule has 0 radical (unpaired) electrons. The molecule has 2 saturated heterocycles. The van der Waals surface area contributed by atoms with Crippen molar-refractivity contribution in [2.75, 3.05) is 41.0 Å². The van der Waals surface area contributed by atoms with E-state index in [4.69, 9.17) is 54.7 Å². The van der Waals surface area contributed by atoms with Crippen molar-refractivity contribution < 1.29 is 23.8 Å². The van der Waals surface area contributed by atoms with Crippen LogP contribution in [-0.2, 0) is 10.2 Å². The van der Waals surface area contributed by atoms with Gasteiger partial charge in [0, 0.05) is 29.6 Å². The van der Waals surface area contributed by atoms with Crippen molar-refractivity contribution in [3.05, 3.63) is 86.4 Å². The van der Waals surface area contributed by atoms with Crippen LogP contribution >= 0.6 is 34.8 Å². The Morgan fingerprint density at radius 1 is 0.956 bits per heavy atom. The molecule has 2 aliphatic heterocycles. The average Bonchev–Trinajstić information content (AvgIpc) is 3.60. The molecular weight excluding hydrogens is 637 g/mol. The molecule has 3 aromatic carbocycles. The summed E-state index contributed by atoms with van der Waals surface area (Å²) in [5, 5.41) is 4.79. The Bertz CT molecular complexity index is 1550. The number of nitrogens with one attached hydrogen (secondary N) is 1. The fourth-order valence-electron chi connectivity index (χ4n) is 7.83. The molecule has 0 spiro atoms. The van der Waals surface area contributed by atoms with Gasteiger partial charge in [-0.1, -0.05) is 59.9 Å². The number of piperidine rings is 1. The summed E-state index contributed by atoms with van der Waals surface area (Å²) in [5.41, 5.74) is 6.28. The van der Waals surface area contributed by atoms with Crippen LogP contribution < -0.4 is 25.3 Å². The second-order valence-corrected chi connectivity index (χ2v) is 12.9. The van der Waals surface area contributed by atoms with E-state index < -0.39 is 22.8 Å². The Kier molecular flexibility index (Phi) is 9.80. The predicted molar refractivity (Wildman–Crippen MR) is 177 cm³/mol. The molecule has 0 saturated carbocycles. The fraction of sp³-hybridized carbons (Fsp3) is 0.412. The molecular formula is C34H38Cl3N3O5. The normalized spacial score (nSPS) is 24.7. The summed E-state index contributed by atoms with van der Waals surface area (Å²) < 4.78 is 16.7. The zero-order valence-electron chi connectivity index (χ0n) is 25.8. The van der Waals surface area contributed by atoms with Crippen LogP contribution in [0.2, 0.25) is 15.1 Å². The topological polar surface area (TPSA) is 103 Å².